The van der Waals surface area contributed by atoms with E-state index in [2.05, 4.69) is 5.32 Å². The molecule has 8 nitrogen and oxygen atoms in total. The van der Waals surface area contributed by atoms with Crippen molar-refractivity contribution in [2.24, 2.45) is 0 Å². The Hall–Kier alpha value is -1.16. The fraction of sp³-hybridized carbons (Fsp3) is 0.615. The van der Waals surface area contributed by atoms with Gasteiger partial charge in [-0.15, -0.1) is 11.6 Å². The predicted molar refractivity (Wildman–Crippen MR) is 74.2 cm³/mol. The molecule has 9 heteroatoms. The molecule has 4 unspecified atom stereocenters. The molecule has 0 radical (unpaired) electrons. The van der Waals surface area contributed by atoms with Crippen LogP contribution in [0.3, 0.4) is 0 Å². The van der Waals surface area contributed by atoms with Crippen molar-refractivity contribution < 1.29 is 34.4 Å². The lowest BCUT2D eigenvalue weighted by Gasteiger charge is -2.40. The maximum absolute atomic E-state index is 12.0. The SMILES string of the molecule is CC(Cl)c1ccc(C(=O)NC2C(O)O[C@H](CO)C(O)[C@@H]2O)o1. The molecule has 5 N–H and O–H groups in total. The highest BCUT2D eigenvalue weighted by atomic mass is 35.5. The third kappa shape index (κ3) is 3.43. The van der Waals surface area contributed by atoms with Gasteiger partial charge in [0, 0.05) is 0 Å². The van der Waals surface area contributed by atoms with Crippen LogP contribution in [-0.4, -0.2) is 63.6 Å². The number of aliphatic hydroxyl groups excluding tert-OH is 4. The Labute approximate surface area is 131 Å². The zero-order valence-corrected chi connectivity index (χ0v) is 12.5. The number of furan rings is 1. The van der Waals surface area contributed by atoms with Gasteiger partial charge in [-0.3, -0.25) is 4.79 Å². The van der Waals surface area contributed by atoms with Gasteiger partial charge in [0.05, 0.1) is 12.0 Å². The van der Waals surface area contributed by atoms with Gasteiger partial charge in [-0.1, -0.05) is 0 Å². The van der Waals surface area contributed by atoms with E-state index in [-0.39, 0.29) is 5.76 Å². The zero-order valence-electron chi connectivity index (χ0n) is 11.7. The van der Waals surface area contributed by atoms with Gasteiger partial charge in [-0.05, 0) is 19.1 Å². The normalized spacial score (nSPS) is 33.5. The van der Waals surface area contributed by atoms with E-state index in [9.17, 15) is 20.1 Å². The first kappa shape index (κ1) is 17.2. The van der Waals surface area contributed by atoms with E-state index < -0.39 is 48.5 Å². The van der Waals surface area contributed by atoms with Crippen molar-refractivity contribution in [2.75, 3.05) is 6.61 Å². The molecule has 1 fully saturated rings. The number of halogens is 1. The second-order valence-electron chi connectivity index (χ2n) is 5.05. The van der Waals surface area contributed by atoms with E-state index in [1.807, 2.05) is 0 Å². The molecule has 124 valence electrons. The first-order valence-corrected chi connectivity index (χ1v) is 7.14. The average molecular weight is 336 g/mol. The van der Waals surface area contributed by atoms with Crippen LogP contribution in [-0.2, 0) is 4.74 Å². The molecule has 1 aliphatic rings. The molecule has 0 spiro atoms. The van der Waals surface area contributed by atoms with Crippen LogP contribution in [0.2, 0.25) is 0 Å². The number of amides is 1. The minimum Gasteiger partial charge on any atom is -0.454 e. The molecule has 0 bridgehead atoms. The van der Waals surface area contributed by atoms with Gasteiger partial charge in [0.2, 0.25) is 0 Å². The Balaban J connectivity index is 2.06. The highest BCUT2D eigenvalue weighted by Gasteiger charge is 2.44. The maximum Gasteiger partial charge on any atom is 0.287 e. The van der Waals surface area contributed by atoms with Gasteiger partial charge in [0.25, 0.3) is 5.91 Å². The highest BCUT2D eigenvalue weighted by Crippen LogP contribution is 2.23. The average Bonchev–Trinajstić information content (AvgIpc) is 2.97. The summed E-state index contributed by atoms with van der Waals surface area (Å²) in [5.41, 5.74) is 0. The van der Waals surface area contributed by atoms with Crippen molar-refractivity contribution in [2.45, 2.75) is 42.9 Å². The Morgan fingerprint density at radius 1 is 1.36 bits per heavy atom. The second kappa shape index (κ2) is 6.95. The molecule has 2 rings (SSSR count). The number of aliphatic hydroxyl groups is 4. The quantitative estimate of drug-likeness (QED) is 0.451. The van der Waals surface area contributed by atoms with Crippen molar-refractivity contribution in [3.63, 3.8) is 0 Å². The van der Waals surface area contributed by atoms with Crippen LogP contribution >= 0.6 is 11.6 Å². The summed E-state index contributed by atoms with van der Waals surface area (Å²) in [6.07, 6.45) is -5.67. The third-order valence-electron chi connectivity index (χ3n) is 3.44. The van der Waals surface area contributed by atoms with Gasteiger partial charge in [-0.2, -0.15) is 0 Å². The summed E-state index contributed by atoms with van der Waals surface area (Å²) in [5, 5.41) is 40.3. The number of rotatable bonds is 4. The Bertz CT molecular complexity index is 520. The minimum atomic E-state index is -1.58. The van der Waals surface area contributed by atoms with Gasteiger partial charge >= 0.3 is 0 Å². The van der Waals surface area contributed by atoms with E-state index in [0.29, 0.717) is 5.76 Å². The molecular weight excluding hydrogens is 318 g/mol. The molecule has 6 atom stereocenters. The largest absolute Gasteiger partial charge is 0.454 e. The van der Waals surface area contributed by atoms with E-state index >= 15 is 0 Å². The lowest BCUT2D eigenvalue weighted by atomic mass is 9.97. The van der Waals surface area contributed by atoms with Gasteiger partial charge in [-0.25, -0.2) is 0 Å². The molecular formula is C13H18ClNO7. The summed E-state index contributed by atoms with van der Waals surface area (Å²) in [7, 11) is 0. The molecule has 1 aliphatic heterocycles. The fourth-order valence-electron chi connectivity index (χ4n) is 2.16. The molecule has 0 saturated carbocycles. The monoisotopic (exact) mass is 335 g/mol. The summed E-state index contributed by atoms with van der Waals surface area (Å²) < 4.78 is 10.2. The standard InChI is InChI=1S/C13H18ClNO7/c1-5(14)6-2-3-7(21-6)12(19)15-9-11(18)10(17)8(4-16)22-13(9)20/h2-3,5,8-11,13,16-18,20H,4H2,1H3,(H,15,19)/t5?,8-,9?,10?,11-,13?/m1/s1. The molecule has 0 aromatic carbocycles. The summed E-state index contributed by atoms with van der Waals surface area (Å²) >= 11 is 5.83. The predicted octanol–water partition coefficient (Wildman–Crippen LogP) is -0.891. The lowest BCUT2D eigenvalue weighted by Crippen LogP contribution is -2.64. The number of hydrogen-bond donors (Lipinski definition) is 5. The first-order chi connectivity index (χ1) is 10.3. The van der Waals surface area contributed by atoms with Crippen molar-refractivity contribution >= 4 is 17.5 Å². The fourth-order valence-corrected chi connectivity index (χ4v) is 2.28. The Morgan fingerprint density at radius 2 is 2.05 bits per heavy atom. The number of nitrogens with one attached hydrogen (secondary N) is 1. The molecule has 1 aromatic heterocycles. The van der Waals surface area contributed by atoms with E-state index in [0.717, 1.165) is 0 Å². The van der Waals surface area contributed by atoms with Crippen molar-refractivity contribution in [1.29, 1.82) is 0 Å². The molecule has 1 aromatic rings. The van der Waals surface area contributed by atoms with Crippen LogP contribution in [0.4, 0.5) is 0 Å². The molecule has 22 heavy (non-hydrogen) atoms. The van der Waals surface area contributed by atoms with Crippen LogP contribution < -0.4 is 5.32 Å². The third-order valence-corrected chi connectivity index (χ3v) is 3.66. The second-order valence-corrected chi connectivity index (χ2v) is 5.70. The van der Waals surface area contributed by atoms with Crippen molar-refractivity contribution in [3.8, 4) is 0 Å². The van der Waals surface area contributed by atoms with E-state index in [1.165, 1.54) is 12.1 Å². The van der Waals surface area contributed by atoms with Crippen LogP contribution in [0.5, 0.6) is 0 Å². The smallest absolute Gasteiger partial charge is 0.287 e. The molecule has 1 amide bonds. The number of carbonyl (C=O) groups is 1. The summed E-state index contributed by atoms with van der Waals surface area (Å²) in [5.74, 6) is -0.362. The molecule has 0 aliphatic carbocycles. The van der Waals surface area contributed by atoms with Crippen molar-refractivity contribution in [1.82, 2.24) is 5.32 Å². The Kier molecular flexibility index (Phi) is 5.43. The number of alkyl halides is 1. The minimum absolute atomic E-state index is 0.0549. The van der Waals surface area contributed by atoms with Gasteiger partial charge in [0.1, 0.15) is 30.1 Å². The summed E-state index contributed by atoms with van der Waals surface area (Å²) in [6, 6.07) is 1.67. The summed E-state index contributed by atoms with van der Waals surface area (Å²) in [6.45, 7) is 1.10. The molecule has 2 heterocycles. The lowest BCUT2D eigenvalue weighted by molar-refractivity contribution is -0.252. The zero-order chi connectivity index (χ0) is 16.4. The van der Waals surface area contributed by atoms with Gasteiger partial charge in [0.15, 0.2) is 12.1 Å². The number of carbonyl (C=O) groups excluding carboxylic acids is 1. The van der Waals surface area contributed by atoms with Crippen molar-refractivity contribution in [3.05, 3.63) is 23.7 Å². The van der Waals surface area contributed by atoms with E-state index in [1.54, 1.807) is 6.92 Å². The van der Waals surface area contributed by atoms with Gasteiger partial charge < -0.3 is 34.9 Å². The van der Waals surface area contributed by atoms with Crippen LogP contribution in [0, 0.1) is 0 Å². The number of hydrogen-bond acceptors (Lipinski definition) is 7. The Morgan fingerprint density at radius 3 is 2.59 bits per heavy atom. The first-order valence-electron chi connectivity index (χ1n) is 6.70. The molecule has 1 saturated heterocycles. The highest BCUT2D eigenvalue weighted by molar-refractivity contribution is 6.20. The maximum atomic E-state index is 12.0. The van der Waals surface area contributed by atoms with Crippen LogP contribution in [0.25, 0.3) is 0 Å². The van der Waals surface area contributed by atoms with E-state index in [4.69, 9.17) is 25.9 Å². The number of ether oxygens (including phenoxy) is 1. The topological polar surface area (TPSA) is 132 Å². The summed E-state index contributed by atoms with van der Waals surface area (Å²) in [4.78, 5) is 12.0. The van der Waals surface area contributed by atoms with Crippen LogP contribution in [0.1, 0.15) is 28.6 Å². The van der Waals surface area contributed by atoms with Crippen LogP contribution in [0.15, 0.2) is 16.5 Å².